The number of benzene rings is 1. The zero-order chi connectivity index (χ0) is 15.4. The number of nitrogens with zero attached hydrogens (tertiary/aromatic N) is 1. The normalized spacial score (nSPS) is 17.3. The average Bonchev–Trinajstić information content (AvgIpc) is 2.65. The first-order valence-electron chi connectivity index (χ1n) is 6.70. The van der Waals surface area contributed by atoms with Gasteiger partial charge in [0, 0.05) is 11.1 Å². The SMILES string of the molecule is CCOC(=O)N1Cc2ccc(C(=O)NO)cc2OC[C@@H]1C. The van der Waals surface area contributed by atoms with Crippen molar-refractivity contribution < 1.29 is 24.3 Å². The van der Waals surface area contributed by atoms with Crippen molar-refractivity contribution in [3.05, 3.63) is 29.3 Å². The monoisotopic (exact) mass is 294 g/mol. The van der Waals surface area contributed by atoms with Crippen molar-refractivity contribution in [1.82, 2.24) is 10.4 Å². The van der Waals surface area contributed by atoms with E-state index in [4.69, 9.17) is 14.7 Å². The Morgan fingerprint density at radius 2 is 2.29 bits per heavy atom. The van der Waals surface area contributed by atoms with Gasteiger partial charge in [0.1, 0.15) is 12.4 Å². The van der Waals surface area contributed by atoms with Gasteiger partial charge in [0.05, 0.1) is 19.2 Å². The number of carbonyl (C=O) groups excluding carboxylic acids is 2. The Labute approximate surface area is 122 Å². The average molecular weight is 294 g/mol. The van der Waals surface area contributed by atoms with Crippen molar-refractivity contribution in [2.24, 2.45) is 0 Å². The van der Waals surface area contributed by atoms with Crippen LogP contribution < -0.4 is 10.2 Å². The van der Waals surface area contributed by atoms with Gasteiger partial charge in [-0.15, -0.1) is 0 Å². The van der Waals surface area contributed by atoms with Crippen molar-refractivity contribution >= 4 is 12.0 Å². The maximum absolute atomic E-state index is 11.9. The van der Waals surface area contributed by atoms with Crippen LogP contribution in [0, 0.1) is 0 Å². The van der Waals surface area contributed by atoms with Crippen LogP contribution in [-0.4, -0.2) is 41.4 Å². The van der Waals surface area contributed by atoms with Crippen molar-refractivity contribution in [1.29, 1.82) is 0 Å². The van der Waals surface area contributed by atoms with E-state index in [0.717, 1.165) is 5.56 Å². The predicted octanol–water partition coefficient (Wildman–Crippen LogP) is 1.55. The Bertz CT molecular complexity index is 546. The molecule has 2 N–H and O–H groups in total. The Kier molecular flexibility index (Phi) is 4.64. The quantitative estimate of drug-likeness (QED) is 0.638. The van der Waals surface area contributed by atoms with E-state index in [1.54, 1.807) is 35.5 Å². The van der Waals surface area contributed by atoms with E-state index in [2.05, 4.69) is 0 Å². The van der Waals surface area contributed by atoms with Crippen LogP contribution in [0.25, 0.3) is 0 Å². The summed E-state index contributed by atoms with van der Waals surface area (Å²) in [6.07, 6.45) is -0.390. The first-order chi connectivity index (χ1) is 10.1. The summed E-state index contributed by atoms with van der Waals surface area (Å²) in [6.45, 7) is 4.58. The molecular weight excluding hydrogens is 276 g/mol. The lowest BCUT2D eigenvalue weighted by atomic mass is 10.1. The molecule has 0 fully saturated rings. The minimum absolute atomic E-state index is 0.147. The molecule has 2 rings (SSSR count). The van der Waals surface area contributed by atoms with E-state index in [1.165, 1.54) is 0 Å². The molecule has 7 nitrogen and oxygen atoms in total. The Balaban J connectivity index is 2.26. The Hall–Kier alpha value is -2.28. The molecule has 21 heavy (non-hydrogen) atoms. The first-order valence-corrected chi connectivity index (χ1v) is 6.70. The molecule has 2 amide bonds. The van der Waals surface area contributed by atoms with Crippen LogP contribution in [0.5, 0.6) is 5.75 Å². The van der Waals surface area contributed by atoms with E-state index in [9.17, 15) is 9.59 Å². The second-order valence-corrected chi connectivity index (χ2v) is 4.75. The van der Waals surface area contributed by atoms with Crippen molar-refractivity contribution in [2.45, 2.75) is 26.4 Å². The zero-order valence-corrected chi connectivity index (χ0v) is 12.0. The summed E-state index contributed by atoms with van der Waals surface area (Å²) in [5.41, 5.74) is 2.64. The maximum atomic E-state index is 11.9. The van der Waals surface area contributed by atoms with Gasteiger partial charge in [-0.1, -0.05) is 6.07 Å². The second kappa shape index (κ2) is 6.45. The number of amides is 2. The number of rotatable bonds is 2. The molecule has 0 radical (unpaired) electrons. The summed E-state index contributed by atoms with van der Waals surface area (Å²) in [6, 6.07) is 4.66. The molecule has 1 heterocycles. The van der Waals surface area contributed by atoms with Gasteiger partial charge in [0.25, 0.3) is 5.91 Å². The highest BCUT2D eigenvalue weighted by molar-refractivity contribution is 5.93. The molecule has 0 aliphatic carbocycles. The van der Waals surface area contributed by atoms with Crippen LogP contribution in [0.4, 0.5) is 4.79 Å². The molecule has 1 aliphatic heterocycles. The Morgan fingerprint density at radius 3 is 2.95 bits per heavy atom. The van der Waals surface area contributed by atoms with Crippen molar-refractivity contribution in [2.75, 3.05) is 13.2 Å². The number of fused-ring (bicyclic) bond motifs is 1. The number of hydrogen-bond acceptors (Lipinski definition) is 5. The summed E-state index contributed by atoms with van der Waals surface area (Å²) in [4.78, 5) is 24.9. The van der Waals surface area contributed by atoms with E-state index in [-0.39, 0.29) is 11.6 Å². The molecule has 0 saturated heterocycles. The lowest BCUT2D eigenvalue weighted by molar-refractivity contribution is 0.0706. The predicted molar refractivity (Wildman–Crippen MR) is 73.2 cm³/mol. The highest BCUT2D eigenvalue weighted by atomic mass is 16.6. The molecule has 0 aromatic heterocycles. The van der Waals surface area contributed by atoms with Crippen molar-refractivity contribution in [3.63, 3.8) is 0 Å². The molecule has 0 saturated carbocycles. The molecule has 1 aromatic rings. The second-order valence-electron chi connectivity index (χ2n) is 4.75. The van der Waals surface area contributed by atoms with Crippen LogP contribution in [0.15, 0.2) is 18.2 Å². The lowest BCUT2D eigenvalue weighted by Gasteiger charge is -2.25. The van der Waals surface area contributed by atoms with Gasteiger partial charge >= 0.3 is 6.09 Å². The van der Waals surface area contributed by atoms with Gasteiger partial charge in [0.15, 0.2) is 0 Å². The molecule has 0 unspecified atom stereocenters. The summed E-state index contributed by atoms with van der Waals surface area (Å²) >= 11 is 0. The number of hydrogen-bond donors (Lipinski definition) is 2. The largest absolute Gasteiger partial charge is 0.491 e. The highest BCUT2D eigenvalue weighted by Gasteiger charge is 2.27. The van der Waals surface area contributed by atoms with Crippen LogP contribution in [0.1, 0.15) is 29.8 Å². The molecular formula is C14H18N2O5. The summed E-state index contributed by atoms with van der Waals surface area (Å²) < 4.78 is 10.7. The minimum Gasteiger partial charge on any atom is -0.491 e. The maximum Gasteiger partial charge on any atom is 0.410 e. The third-order valence-corrected chi connectivity index (χ3v) is 3.29. The van der Waals surface area contributed by atoms with Crippen LogP contribution >= 0.6 is 0 Å². The number of nitrogens with one attached hydrogen (secondary N) is 1. The van der Waals surface area contributed by atoms with Crippen molar-refractivity contribution in [3.8, 4) is 5.75 Å². The molecule has 1 aliphatic rings. The van der Waals surface area contributed by atoms with Gasteiger partial charge in [-0.3, -0.25) is 14.9 Å². The lowest BCUT2D eigenvalue weighted by Crippen LogP contribution is -2.40. The van der Waals surface area contributed by atoms with Crippen LogP contribution in [0.3, 0.4) is 0 Å². The summed E-state index contributed by atoms with van der Waals surface area (Å²) in [7, 11) is 0. The number of carbonyl (C=O) groups is 2. The number of ether oxygens (including phenoxy) is 2. The zero-order valence-electron chi connectivity index (χ0n) is 12.0. The topological polar surface area (TPSA) is 88.1 Å². The Morgan fingerprint density at radius 1 is 1.52 bits per heavy atom. The molecule has 0 spiro atoms. The molecule has 1 aromatic carbocycles. The van der Waals surface area contributed by atoms with E-state index in [1.807, 2.05) is 6.92 Å². The summed E-state index contributed by atoms with van der Waals surface area (Å²) in [5.74, 6) is -0.0873. The van der Waals surface area contributed by atoms with E-state index < -0.39 is 12.0 Å². The fraction of sp³-hybridized carbons (Fsp3) is 0.429. The molecule has 0 bridgehead atoms. The smallest absolute Gasteiger partial charge is 0.410 e. The van der Waals surface area contributed by atoms with Gasteiger partial charge < -0.3 is 9.47 Å². The van der Waals surface area contributed by atoms with Gasteiger partial charge in [0.2, 0.25) is 0 Å². The van der Waals surface area contributed by atoms with Crippen LogP contribution in [0.2, 0.25) is 0 Å². The standard InChI is InChI=1S/C14H18N2O5/c1-3-20-14(18)16-7-11-5-4-10(13(17)15-19)6-12(11)21-8-9(16)2/h4-6,9,19H,3,7-8H2,1-2H3,(H,15,17)/t9-/m0/s1. The van der Waals surface area contributed by atoms with Gasteiger partial charge in [-0.05, 0) is 26.0 Å². The van der Waals surface area contributed by atoms with Gasteiger partial charge in [-0.2, -0.15) is 0 Å². The summed E-state index contributed by atoms with van der Waals surface area (Å²) in [5, 5.41) is 8.65. The third kappa shape index (κ3) is 3.25. The third-order valence-electron chi connectivity index (χ3n) is 3.29. The fourth-order valence-electron chi connectivity index (χ4n) is 2.12. The number of hydroxylamine groups is 1. The van der Waals surface area contributed by atoms with Gasteiger partial charge in [-0.25, -0.2) is 10.3 Å². The first kappa shape index (κ1) is 15.1. The molecule has 114 valence electrons. The highest BCUT2D eigenvalue weighted by Crippen LogP contribution is 2.26. The fourth-order valence-corrected chi connectivity index (χ4v) is 2.12. The van der Waals surface area contributed by atoms with E-state index >= 15 is 0 Å². The minimum atomic E-state index is -0.610. The van der Waals surface area contributed by atoms with E-state index in [0.29, 0.717) is 25.5 Å². The molecule has 7 heteroatoms. The van der Waals surface area contributed by atoms with Crippen LogP contribution in [-0.2, 0) is 11.3 Å². The molecule has 1 atom stereocenters.